The number of aromatic hydroxyl groups is 2. The van der Waals surface area contributed by atoms with Gasteiger partial charge < -0.3 is 10.2 Å². The van der Waals surface area contributed by atoms with Crippen LogP contribution < -0.4 is 0 Å². The summed E-state index contributed by atoms with van der Waals surface area (Å²) in [5.41, 5.74) is 1.90. The van der Waals surface area contributed by atoms with Crippen LogP contribution >= 0.6 is 0 Å². The summed E-state index contributed by atoms with van der Waals surface area (Å²) >= 11 is 0. The van der Waals surface area contributed by atoms with Crippen LogP contribution in [0.4, 0.5) is 0 Å². The Balaban J connectivity index is 2.28. The predicted molar refractivity (Wildman–Crippen MR) is 52.3 cm³/mol. The summed E-state index contributed by atoms with van der Waals surface area (Å²) < 4.78 is 0. The fourth-order valence-corrected chi connectivity index (χ4v) is 2.95. The summed E-state index contributed by atoms with van der Waals surface area (Å²) in [6, 6.07) is 3.79. The molecule has 3 nitrogen and oxygen atoms in total. The highest BCUT2D eigenvalue weighted by molar-refractivity contribution is 5.54. The van der Waals surface area contributed by atoms with Crippen molar-refractivity contribution in [2.45, 2.75) is 24.9 Å². The summed E-state index contributed by atoms with van der Waals surface area (Å²) in [5.74, 6) is 0.661. The van der Waals surface area contributed by atoms with Crippen LogP contribution in [0.25, 0.3) is 0 Å². The van der Waals surface area contributed by atoms with Crippen LogP contribution in [0, 0.1) is 0 Å². The second kappa shape index (κ2) is 2.42. The molecule has 2 aliphatic rings. The van der Waals surface area contributed by atoms with E-state index in [4.69, 9.17) is 0 Å². The third-order valence-corrected chi connectivity index (χ3v) is 3.60. The SMILES string of the molecule is CN1C2CCC1c1c(O)ccc(O)c12. The second-order valence-corrected chi connectivity index (χ2v) is 4.21. The number of phenols is 2. The lowest BCUT2D eigenvalue weighted by Gasteiger charge is -2.15. The number of hydrogen-bond donors (Lipinski definition) is 2. The zero-order chi connectivity index (χ0) is 9.87. The average molecular weight is 191 g/mol. The van der Waals surface area contributed by atoms with E-state index in [0.717, 1.165) is 24.0 Å². The van der Waals surface area contributed by atoms with Crippen molar-refractivity contribution in [3.05, 3.63) is 23.3 Å². The third-order valence-electron chi connectivity index (χ3n) is 3.60. The largest absolute Gasteiger partial charge is 0.508 e. The van der Waals surface area contributed by atoms with Crippen molar-refractivity contribution < 1.29 is 10.2 Å². The molecule has 2 unspecified atom stereocenters. The minimum absolute atomic E-state index is 0.307. The molecule has 2 bridgehead atoms. The van der Waals surface area contributed by atoms with Crippen molar-refractivity contribution in [3.63, 3.8) is 0 Å². The monoisotopic (exact) mass is 191 g/mol. The van der Waals surface area contributed by atoms with Crippen LogP contribution in [-0.2, 0) is 0 Å². The van der Waals surface area contributed by atoms with Gasteiger partial charge in [0, 0.05) is 23.2 Å². The van der Waals surface area contributed by atoms with Crippen LogP contribution in [0.1, 0.15) is 36.1 Å². The van der Waals surface area contributed by atoms with Gasteiger partial charge in [0.15, 0.2) is 0 Å². The van der Waals surface area contributed by atoms with E-state index in [1.807, 2.05) is 0 Å². The molecule has 2 atom stereocenters. The molecule has 3 rings (SSSR count). The van der Waals surface area contributed by atoms with Gasteiger partial charge in [-0.1, -0.05) is 0 Å². The molecule has 2 heterocycles. The summed E-state index contributed by atoms with van der Waals surface area (Å²) in [5, 5.41) is 19.5. The smallest absolute Gasteiger partial charge is 0.120 e. The van der Waals surface area contributed by atoms with Gasteiger partial charge in [0.25, 0.3) is 0 Å². The van der Waals surface area contributed by atoms with Crippen LogP contribution in [0.5, 0.6) is 11.5 Å². The minimum Gasteiger partial charge on any atom is -0.508 e. The Morgan fingerprint density at radius 2 is 1.50 bits per heavy atom. The fourth-order valence-electron chi connectivity index (χ4n) is 2.95. The molecule has 1 aromatic carbocycles. The van der Waals surface area contributed by atoms with E-state index in [1.54, 1.807) is 12.1 Å². The summed E-state index contributed by atoms with van der Waals surface area (Å²) in [6.45, 7) is 0. The second-order valence-electron chi connectivity index (χ2n) is 4.21. The summed E-state index contributed by atoms with van der Waals surface area (Å²) in [7, 11) is 2.06. The van der Waals surface area contributed by atoms with Crippen molar-refractivity contribution in [3.8, 4) is 11.5 Å². The van der Waals surface area contributed by atoms with E-state index in [-0.39, 0.29) is 0 Å². The molecule has 0 aromatic heterocycles. The van der Waals surface area contributed by atoms with Crippen molar-refractivity contribution in [1.29, 1.82) is 0 Å². The maximum atomic E-state index is 9.76. The van der Waals surface area contributed by atoms with E-state index >= 15 is 0 Å². The number of rotatable bonds is 0. The highest BCUT2D eigenvalue weighted by atomic mass is 16.3. The Morgan fingerprint density at radius 1 is 1.07 bits per heavy atom. The average Bonchev–Trinajstić information content (AvgIpc) is 2.67. The molecule has 0 aliphatic carbocycles. The Bertz CT molecular complexity index is 366. The first-order chi connectivity index (χ1) is 6.70. The Labute approximate surface area is 82.6 Å². The maximum absolute atomic E-state index is 9.76. The van der Waals surface area contributed by atoms with E-state index in [0.29, 0.717) is 23.6 Å². The van der Waals surface area contributed by atoms with Crippen molar-refractivity contribution in [2.24, 2.45) is 0 Å². The van der Waals surface area contributed by atoms with E-state index < -0.39 is 0 Å². The quantitative estimate of drug-likeness (QED) is 0.616. The molecule has 0 amide bonds. The summed E-state index contributed by atoms with van der Waals surface area (Å²) in [4.78, 5) is 2.24. The zero-order valence-electron chi connectivity index (χ0n) is 8.07. The molecule has 14 heavy (non-hydrogen) atoms. The lowest BCUT2D eigenvalue weighted by Crippen LogP contribution is -2.12. The van der Waals surface area contributed by atoms with Gasteiger partial charge in [-0.25, -0.2) is 0 Å². The number of benzene rings is 1. The van der Waals surface area contributed by atoms with Crippen LogP contribution in [0.2, 0.25) is 0 Å². The first kappa shape index (κ1) is 8.12. The maximum Gasteiger partial charge on any atom is 0.120 e. The molecule has 0 saturated carbocycles. The van der Waals surface area contributed by atoms with Gasteiger partial charge in [-0.3, -0.25) is 4.90 Å². The van der Waals surface area contributed by atoms with Crippen molar-refractivity contribution in [2.75, 3.05) is 7.05 Å². The lowest BCUT2D eigenvalue weighted by molar-refractivity contribution is 0.275. The van der Waals surface area contributed by atoms with Crippen LogP contribution in [-0.4, -0.2) is 22.2 Å². The minimum atomic E-state index is 0.307. The molecule has 2 aliphatic heterocycles. The molecular weight excluding hydrogens is 178 g/mol. The third kappa shape index (κ3) is 0.762. The zero-order valence-corrected chi connectivity index (χ0v) is 8.07. The Morgan fingerprint density at radius 3 is 1.93 bits per heavy atom. The van der Waals surface area contributed by atoms with Gasteiger partial charge in [0.2, 0.25) is 0 Å². The molecule has 1 saturated heterocycles. The first-order valence-corrected chi connectivity index (χ1v) is 4.97. The number of fused-ring (bicyclic) bond motifs is 5. The van der Waals surface area contributed by atoms with Gasteiger partial charge in [-0.15, -0.1) is 0 Å². The topological polar surface area (TPSA) is 43.7 Å². The van der Waals surface area contributed by atoms with Gasteiger partial charge in [-0.2, -0.15) is 0 Å². The molecule has 0 spiro atoms. The summed E-state index contributed by atoms with van der Waals surface area (Å²) in [6.07, 6.45) is 2.18. The fraction of sp³-hybridized carbons (Fsp3) is 0.455. The molecule has 74 valence electrons. The van der Waals surface area contributed by atoms with Crippen LogP contribution in [0.15, 0.2) is 12.1 Å². The van der Waals surface area contributed by atoms with E-state index in [2.05, 4.69) is 11.9 Å². The predicted octanol–water partition coefficient (Wildman–Crippen LogP) is 1.92. The molecular formula is C11H13NO2. The van der Waals surface area contributed by atoms with Gasteiger partial charge >= 0.3 is 0 Å². The van der Waals surface area contributed by atoms with E-state index in [9.17, 15) is 10.2 Å². The molecule has 2 N–H and O–H groups in total. The highest BCUT2D eigenvalue weighted by Crippen LogP contribution is 2.57. The molecule has 1 aromatic rings. The highest BCUT2D eigenvalue weighted by Gasteiger charge is 2.44. The van der Waals surface area contributed by atoms with Gasteiger partial charge in [0.05, 0.1) is 0 Å². The van der Waals surface area contributed by atoms with Crippen molar-refractivity contribution >= 4 is 0 Å². The first-order valence-electron chi connectivity index (χ1n) is 4.97. The molecule has 0 radical (unpaired) electrons. The Kier molecular flexibility index (Phi) is 1.40. The number of phenolic OH excluding ortho intramolecular Hbond substituents is 2. The van der Waals surface area contributed by atoms with Crippen LogP contribution in [0.3, 0.4) is 0 Å². The Hall–Kier alpha value is -1.22. The standard InChI is InChI=1S/C11H13NO2/c1-12-6-2-3-7(12)11-9(14)5-4-8(13)10(6)11/h4-7,13-14H,2-3H2,1H3. The molecule has 3 heteroatoms. The number of nitrogens with zero attached hydrogens (tertiary/aromatic N) is 1. The lowest BCUT2D eigenvalue weighted by atomic mass is 9.90. The molecule has 1 fully saturated rings. The number of hydrogen-bond acceptors (Lipinski definition) is 3. The van der Waals surface area contributed by atoms with Crippen molar-refractivity contribution in [1.82, 2.24) is 4.90 Å². The normalized spacial score (nSPS) is 29.5. The van der Waals surface area contributed by atoms with E-state index in [1.165, 1.54) is 0 Å². The van der Waals surface area contributed by atoms with Gasteiger partial charge in [0.1, 0.15) is 11.5 Å². The van der Waals surface area contributed by atoms with Gasteiger partial charge in [-0.05, 0) is 32.0 Å².